The lowest BCUT2D eigenvalue weighted by atomic mass is 10.0. The molecule has 102 valence electrons. The van der Waals surface area contributed by atoms with Crippen molar-refractivity contribution in [1.29, 1.82) is 0 Å². The molecule has 1 unspecified atom stereocenters. The first-order valence-electron chi connectivity index (χ1n) is 5.06. The second-order valence-electron chi connectivity index (χ2n) is 4.11. The zero-order valence-corrected chi connectivity index (χ0v) is 8.69. The summed E-state index contributed by atoms with van der Waals surface area (Å²) in [5, 5.41) is 2.59. The molecule has 1 atom stereocenters. The molecule has 0 aromatic heterocycles. The van der Waals surface area contributed by atoms with Gasteiger partial charge in [-0.05, 0) is 17.7 Å². The van der Waals surface area contributed by atoms with Crippen molar-refractivity contribution in [2.24, 2.45) is 0 Å². The van der Waals surface area contributed by atoms with Crippen LogP contribution in [0.5, 0.6) is 0 Å². The Labute approximate surface area is 102 Å². The molecular weight excluding hydrogens is 253 g/mol. The maximum Gasteiger partial charge on any atom is 0.416 e. The molecule has 1 aromatic rings. The average molecular weight is 267 g/mol. The normalized spacial score (nSPS) is 22.6. The topological polar surface area (TPSA) is 12.0 Å². The summed E-state index contributed by atoms with van der Waals surface area (Å²) < 4.78 is 62.7. The van der Waals surface area contributed by atoms with E-state index in [2.05, 4.69) is 5.32 Å². The van der Waals surface area contributed by atoms with Gasteiger partial charge in [0.15, 0.2) is 0 Å². The van der Waals surface area contributed by atoms with E-state index >= 15 is 0 Å². The molecule has 1 nitrogen and oxygen atoms in total. The van der Waals surface area contributed by atoms with Gasteiger partial charge in [-0.15, -0.1) is 0 Å². The van der Waals surface area contributed by atoms with Crippen LogP contribution in [0.3, 0.4) is 0 Å². The second-order valence-corrected chi connectivity index (χ2v) is 4.11. The first-order valence-corrected chi connectivity index (χ1v) is 5.06. The predicted molar refractivity (Wildman–Crippen MR) is 58.5 cm³/mol. The molecule has 0 radical (unpaired) electrons. The molecule has 0 spiro atoms. The van der Waals surface area contributed by atoms with E-state index in [1.54, 1.807) is 0 Å². The van der Waals surface area contributed by atoms with Gasteiger partial charge in [0.05, 0.1) is 12.1 Å². The molecule has 1 aromatic carbocycles. The first-order chi connectivity index (χ1) is 7.78. The van der Waals surface area contributed by atoms with Crippen molar-refractivity contribution in [3.63, 3.8) is 0 Å². The standard InChI is InChI=1S/C11H10F5N.CH4/c12-10(13)5-9(17-6-10)7-1-3-8(4-2-7)11(14,15)16;/h1-4,9,17H,5-6H2;1H4. The maximum absolute atomic E-state index is 12.9. The first kappa shape index (κ1) is 14.9. The van der Waals surface area contributed by atoms with Crippen molar-refractivity contribution in [2.75, 3.05) is 6.54 Å². The SMILES string of the molecule is C.FC1(F)CNC(c2ccc(C(F)(F)F)cc2)C1. The van der Waals surface area contributed by atoms with E-state index in [0.29, 0.717) is 5.56 Å². The zero-order valence-electron chi connectivity index (χ0n) is 8.69. The van der Waals surface area contributed by atoms with Crippen LogP contribution in [0.25, 0.3) is 0 Å². The van der Waals surface area contributed by atoms with Crippen molar-refractivity contribution in [1.82, 2.24) is 5.32 Å². The van der Waals surface area contributed by atoms with Crippen LogP contribution in [0.2, 0.25) is 0 Å². The Balaban J connectivity index is 0.00000162. The van der Waals surface area contributed by atoms with Gasteiger partial charge < -0.3 is 5.32 Å². The van der Waals surface area contributed by atoms with Gasteiger partial charge in [0.25, 0.3) is 5.92 Å². The maximum atomic E-state index is 12.9. The number of hydrogen-bond donors (Lipinski definition) is 1. The Kier molecular flexibility index (Phi) is 4.00. The summed E-state index contributed by atoms with van der Waals surface area (Å²) in [6.45, 7) is -0.432. The number of rotatable bonds is 1. The third-order valence-electron chi connectivity index (χ3n) is 2.75. The van der Waals surface area contributed by atoms with Crippen LogP contribution in [0.15, 0.2) is 24.3 Å². The van der Waals surface area contributed by atoms with Gasteiger partial charge in [-0.25, -0.2) is 8.78 Å². The van der Waals surface area contributed by atoms with Crippen molar-refractivity contribution >= 4 is 0 Å². The average Bonchev–Trinajstić information content (AvgIpc) is 2.58. The highest BCUT2D eigenvalue weighted by Crippen LogP contribution is 2.35. The fraction of sp³-hybridized carbons (Fsp3) is 0.500. The Hall–Kier alpha value is -1.17. The molecule has 0 bridgehead atoms. The van der Waals surface area contributed by atoms with Gasteiger partial charge in [0.2, 0.25) is 0 Å². The Morgan fingerprint density at radius 3 is 2.06 bits per heavy atom. The summed E-state index contributed by atoms with van der Waals surface area (Å²) in [5.41, 5.74) is -0.318. The molecule has 0 amide bonds. The third kappa shape index (κ3) is 3.19. The van der Waals surface area contributed by atoms with Crippen LogP contribution < -0.4 is 5.32 Å². The summed E-state index contributed by atoms with van der Waals surface area (Å²) in [5.74, 6) is -2.78. The van der Waals surface area contributed by atoms with Crippen molar-refractivity contribution in [3.05, 3.63) is 35.4 Å². The van der Waals surface area contributed by atoms with Crippen molar-refractivity contribution in [2.45, 2.75) is 32.0 Å². The largest absolute Gasteiger partial charge is 0.416 e. The minimum Gasteiger partial charge on any atom is -0.304 e. The fourth-order valence-electron chi connectivity index (χ4n) is 1.86. The highest BCUT2D eigenvalue weighted by atomic mass is 19.4. The Morgan fingerprint density at radius 2 is 1.67 bits per heavy atom. The molecule has 1 saturated heterocycles. The second kappa shape index (κ2) is 4.84. The lowest BCUT2D eigenvalue weighted by Crippen LogP contribution is -2.19. The van der Waals surface area contributed by atoms with Gasteiger partial charge in [-0.1, -0.05) is 19.6 Å². The fourth-order valence-corrected chi connectivity index (χ4v) is 1.86. The van der Waals surface area contributed by atoms with Crippen LogP contribution in [-0.2, 0) is 6.18 Å². The molecule has 0 aliphatic carbocycles. The number of nitrogens with one attached hydrogen (secondary N) is 1. The van der Waals surface area contributed by atoms with Crippen molar-refractivity contribution < 1.29 is 22.0 Å². The van der Waals surface area contributed by atoms with E-state index in [9.17, 15) is 22.0 Å². The number of benzene rings is 1. The van der Waals surface area contributed by atoms with E-state index in [1.807, 2.05) is 0 Å². The summed E-state index contributed by atoms with van der Waals surface area (Å²) in [4.78, 5) is 0. The molecule has 1 aliphatic rings. The monoisotopic (exact) mass is 267 g/mol. The zero-order chi connectivity index (χ0) is 12.7. The molecule has 1 heterocycles. The molecule has 2 rings (SSSR count). The van der Waals surface area contributed by atoms with Gasteiger partial charge in [0, 0.05) is 12.5 Å². The van der Waals surface area contributed by atoms with Gasteiger partial charge in [0.1, 0.15) is 0 Å². The van der Waals surface area contributed by atoms with Crippen LogP contribution in [0.1, 0.15) is 31.0 Å². The van der Waals surface area contributed by atoms with E-state index in [4.69, 9.17) is 0 Å². The molecule has 1 N–H and O–H groups in total. The highest BCUT2D eigenvalue weighted by molar-refractivity contribution is 5.27. The van der Waals surface area contributed by atoms with E-state index < -0.39 is 30.2 Å². The van der Waals surface area contributed by atoms with Gasteiger partial charge in [-0.2, -0.15) is 13.2 Å². The quantitative estimate of drug-likeness (QED) is 0.758. The minimum atomic E-state index is -4.40. The number of alkyl halides is 5. The van der Waals surface area contributed by atoms with Gasteiger partial charge >= 0.3 is 6.18 Å². The molecule has 0 saturated carbocycles. The third-order valence-corrected chi connectivity index (χ3v) is 2.75. The molecule has 18 heavy (non-hydrogen) atoms. The molecular formula is C12H14F5N. The van der Waals surface area contributed by atoms with E-state index in [1.165, 1.54) is 12.1 Å². The Morgan fingerprint density at radius 1 is 1.11 bits per heavy atom. The predicted octanol–water partition coefficient (Wildman–Crippen LogP) is 4.01. The smallest absolute Gasteiger partial charge is 0.304 e. The van der Waals surface area contributed by atoms with E-state index in [0.717, 1.165) is 12.1 Å². The van der Waals surface area contributed by atoms with Crippen LogP contribution >= 0.6 is 0 Å². The minimum absolute atomic E-state index is 0. The number of halogens is 5. The van der Waals surface area contributed by atoms with Crippen LogP contribution in [-0.4, -0.2) is 12.5 Å². The lowest BCUT2D eigenvalue weighted by molar-refractivity contribution is -0.137. The molecule has 1 fully saturated rings. The molecule has 1 aliphatic heterocycles. The summed E-state index contributed by atoms with van der Waals surface area (Å²) >= 11 is 0. The summed E-state index contributed by atoms with van der Waals surface area (Å²) in [6.07, 6.45) is -4.77. The van der Waals surface area contributed by atoms with Crippen molar-refractivity contribution in [3.8, 4) is 0 Å². The van der Waals surface area contributed by atoms with E-state index in [-0.39, 0.29) is 13.8 Å². The lowest BCUT2D eigenvalue weighted by Gasteiger charge is -2.12. The van der Waals surface area contributed by atoms with Gasteiger partial charge in [-0.3, -0.25) is 0 Å². The van der Waals surface area contributed by atoms with Crippen LogP contribution in [0, 0.1) is 0 Å². The summed E-state index contributed by atoms with van der Waals surface area (Å²) in [6, 6.07) is 3.72. The highest BCUT2D eigenvalue weighted by Gasteiger charge is 2.40. The Bertz CT molecular complexity index is 396. The van der Waals surface area contributed by atoms with Crippen LogP contribution in [0.4, 0.5) is 22.0 Å². The number of hydrogen-bond acceptors (Lipinski definition) is 1. The molecule has 6 heteroatoms. The summed E-state index contributed by atoms with van der Waals surface area (Å²) in [7, 11) is 0.